The molecule has 7 nitrogen and oxygen atoms in total. The fraction of sp³-hybridized carbons (Fsp3) is 0.471. The second-order valence-corrected chi connectivity index (χ2v) is 6.13. The van der Waals surface area contributed by atoms with Gasteiger partial charge in [0.15, 0.2) is 0 Å². The van der Waals surface area contributed by atoms with Gasteiger partial charge in [-0.2, -0.15) is 0 Å². The summed E-state index contributed by atoms with van der Waals surface area (Å²) in [6, 6.07) is 6.69. The van der Waals surface area contributed by atoms with Crippen molar-refractivity contribution in [2.45, 2.75) is 32.4 Å². The predicted octanol–water partition coefficient (Wildman–Crippen LogP) is 1.69. The van der Waals surface area contributed by atoms with Gasteiger partial charge in [-0.1, -0.05) is 29.8 Å². The van der Waals surface area contributed by atoms with E-state index in [1.165, 1.54) is 0 Å². The van der Waals surface area contributed by atoms with E-state index < -0.39 is 6.03 Å². The van der Waals surface area contributed by atoms with Gasteiger partial charge in [-0.3, -0.25) is 9.59 Å². The van der Waals surface area contributed by atoms with Crippen LogP contribution in [0.4, 0.5) is 4.79 Å². The van der Waals surface area contributed by atoms with E-state index in [0.29, 0.717) is 24.7 Å². The molecule has 1 unspecified atom stereocenters. The Morgan fingerprint density at radius 3 is 2.84 bits per heavy atom. The molecule has 1 aromatic carbocycles. The van der Waals surface area contributed by atoms with Crippen LogP contribution in [0.5, 0.6) is 0 Å². The molecule has 0 saturated carbocycles. The van der Waals surface area contributed by atoms with Crippen LogP contribution in [0.2, 0.25) is 5.02 Å². The molecule has 25 heavy (non-hydrogen) atoms. The summed E-state index contributed by atoms with van der Waals surface area (Å²) in [4.78, 5) is 36.8. The van der Waals surface area contributed by atoms with Crippen molar-refractivity contribution in [3.05, 3.63) is 34.9 Å². The Morgan fingerprint density at radius 1 is 1.36 bits per heavy atom. The predicted molar refractivity (Wildman–Crippen MR) is 93.1 cm³/mol. The van der Waals surface area contributed by atoms with Gasteiger partial charge in [-0.15, -0.1) is 0 Å². The smallest absolute Gasteiger partial charge is 0.315 e. The summed E-state index contributed by atoms with van der Waals surface area (Å²) < 4.78 is 4.78. The lowest BCUT2D eigenvalue weighted by Gasteiger charge is -2.18. The van der Waals surface area contributed by atoms with Crippen molar-refractivity contribution in [3.63, 3.8) is 0 Å². The minimum absolute atomic E-state index is 0.0308. The number of likely N-dealkylation sites (tertiary alicyclic amines) is 1. The Bertz CT molecular complexity index is 638. The van der Waals surface area contributed by atoms with Crippen LogP contribution < -0.4 is 10.6 Å². The third kappa shape index (κ3) is 5.94. The lowest BCUT2D eigenvalue weighted by Crippen LogP contribution is -2.43. The highest BCUT2D eigenvalue weighted by Crippen LogP contribution is 2.20. The van der Waals surface area contributed by atoms with Crippen molar-refractivity contribution < 1.29 is 19.1 Å². The zero-order chi connectivity index (χ0) is 18.2. The molecule has 0 radical (unpaired) electrons. The molecular formula is C17H22ClN3O4. The van der Waals surface area contributed by atoms with Crippen molar-refractivity contribution in [3.8, 4) is 0 Å². The van der Waals surface area contributed by atoms with Gasteiger partial charge in [0.05, 0.1) is 19.1 Å². The first-order valence-electron chi connectivity index (χ1n) is 8.20. The number of rotatable bonds is 7. The molecule has 1 aromatic rings. The Morgan fingerprint density at radius 2 is 2.12 bits per heavy atom. The second kappa shape index (κ2) is 9.27. The molecular weight excluding hydrogens is 346 g/mol. The van der Waals surface area contributed by atoms with E-state index in [-0.39, 0.29) is 37.3 Å². The highest BCUT2D eigenvalue weighted by Gasteiger charge is 2.30. The topological polar surface area (TPSA) is 87.7 Å². The number of hydrogen-bond acceptors (Lipinski definition) is 4. The van der Waals surface area contributed by atoms with Crippen LogP contribution in [0.25, 0.3) is 0 Å². The molecule has 2 N–H and O–H groups in total. The fourth-order valence-corrected chi connectivity index (χ4v) is 2.80. The maximum absolute atomic E-state index is 12.1. The monoisotopic (exact) mass is 367 g/mol. The highest BCUT2D eigenvalue weighted by molar-refractivity contribution is 6.31. The number of urea groups is 1. The molecule has 8 heteroatoms. The van der Waals surface area contributed by atoms with Crippen LogP contribution in [-0.2, 0) is 20.9 Å². The molecule has 0 aromatic heterocycles. The maximum Gasteiger partial charge on any atom is 0.315 e. The first-order valence-corrected chi connectivity index (χ1v) is 8.58. The van der Waals surface area contributed by atoms with E-state index in [4.69, 9.17) is 16.3 Å². The molecule has 0 bridgehead atoms. The SMILES string of the molecule is CCOC(=O)CCNC(=O)NC1CC(=O)N(Cc2ccccc2Cl)C1. The highest BCUT2D eigenvalue weighted by atomic mass is 35.5. The number of amides is 3. The summed E-state index contributed by atoms with van der Waals surface area (Å²) in [5.74, 6) is -0.387. The Hall–Kier alpha value is -2.28. The molecule has 2 rings (SSSR count). The summed E-state index contributed by atoms with van der Waals surface area (Å²) in [6.07, 6.45) is 0.360. The quantitative estimate of drug-likeness (QED) is 0.718. The van der Waals surface area contributed by atoms with Crippen LogP contribution >= 0.6 is 11.6 Å². The summed E-state index contributed by atoms with van der Waals surface area (Å²) in [5.41, 5.74) is 0.872. The molecule has 0 aliphatic carbocycles. The Labute approximate surface area is 151 Å². The average molecular weight is 368 g/mol. The van der Waals surface area contributed by atoms with Gasteiger partial charge in [0, 0.05) is 31.1 Å². The number of benzene rings is 1. The van der Waals surface area contributed by atoms with E-state index in [9.17, 15) is 14.4 Å². The zero-order valence-corrected chi connectivity index (χ0v) is 14.8. The van der Waals surface area contributed by atoms with Crippen molar-refractivity contribution in [2.75, 3.05) is 19.7 Å². The molecule has 1 heterocycles. The lowest BCUT2D eigenvalue weighted by atomic mass is 10.2. The van der Waals surface area contributed by atoms with Gasteiger partial charge in [-0.25, -0.2) is 4.79 Å². The third-order valence-electron chi connectivity index (χ3n) is 3.79. The summed E-state index contributed by atoms with van der Waals surface area (Å²) in [7, 11) is 0. The molecule has 1 atom stereocenters. The number of esters is 1. The van der Waals surface area contributed by atoms with E-state index in [0.717, 1.165) is 5.56 Å². The van der Waals surface area contributed by atoms with Crippen molar-refractivity contribution in [2.24, 2.45) is 0 Å². The molecule has 1 aliphatic heterocycles. The Kier molecular flexibility index (Phi) is 7.06. The van der Waals surface area contributed by atoms with Gasteiger partial charge in [-0.05, 0) is 18.6 Å². The molecule has 136 valence electrons. The van der Waals surface area contributed by atoms with Crippen LogP contribution in [0.3, 0.4) is 0 Å². The number of nitrogens with zero attached hydrogens (tertiary/aromatic N) is 1. The van der Waals surface area contributed by atoms with Gasteiger partial charge >= 0.3 is 12.0 Å². The number of ether oxygens (including phenoxy) is 1. The summed E-state index contributed by atoms with van der Waals surface area (Å²) in [5, 5.41) is 5.95. The second-order valence-electron chi connectivity index (χ2n) is 5.72. The van der Waals surface area contributed by atoms with Crippen molar-refractivity contribution >= 4 is 29.5 Å². The van der Waals surface area contributed by atoms with Crippen LogP contribution in [-0.4, -0.2) is 48.5 Å². The van der Waals surface area contributed by atoms with Crippen LogP contribution in [0.15, 0.2) is 24.3 Å². The number of nitrogens with one attached hydrogen (secondary N) is 2. The maximum atomic E-state index is 12.1. The summed E-state index contributed by atoms with van der Waals surface area (Å²) >= 11 is 6.12. The zero-order valence-electron chi connectivity index (χ0n) is 14.1. The summed E-state index contributed by atoms with van der Waals surface area (Å²) in [6.45, 7) is 3.07. The third-order valence-corrected chi connectivity index (χ3v) is 4.16. The van der Waals surface area contributed by atoms with Crippen molar-refractivity contribution in [1.29, 1.82) is 0 Å². The van der Waals surface area contributed by atoms with Crippen LogP contribution in [0.1, 0.15) is 25.3 Å². The fourth-order valence-electron chi connectivity index (χ4n) is 2.60. The molecule has 1 aliphatic rings. The average Bonchev–Trinajstić information content (AvgIpc) is 2.89. The van der Waals surface area contributed by atoms with E-state index in [1.807, 2.05) is 18.2 Å². The van der Waals surface area contributed by atoms with Gasteiger partial charge in [0.1, 0.15) is 0 Å². The van der Waals surface area contributed by atoms with E-state index in [2.05, 4.69) is 10.6 Å². The minimum atomic E-state index is -0.401. The van der Waals surface area contributed by atoms with E-state index in [1.54, 1.807) is 17.9 Å². The molecule has 3 amide bonds. The molecule has 0 spiro atoms. The van der Waals surface area contributed by atoms with Crippen LogP contribution in [0, 0.1) is 0 Å². The molecule has 1 fully saturated rings. The van der Waals surface area contributed by atoms with E-state index >= 15 is 0 Å². The standard InChI is InChI=1S/C17H22ClN3O4/c1-2-25-16(23)7-8-19-17(24)20-13-9-15(22)21(11-13)10-12-5-3-4-6-14(12)18/h3-6,13H,2,7-11H2,1H3,(H2,19,20,24). The lowest BCUT2D eigenvalue weighted by molar-refractivity contribution is -0.142. The number of carbonyl (C=O) groups is 3. The minimum Gasteiger partial charge on any atom is -0.466 e. The van der Waals surface area contributed by atoms with Gasteiger partial charge in [0.2, 0.25) is 5.91 Å². The largest absolute Gasteiger partial charge is 0.466 e. The van der Waals surface area contributed by atoms with Gasteiger partial charge < -0.3 is 20.3 Å². The first-order chi connectivity index (χ1) is 12.0. The first kappa shape index (κ1) is 19.1. The number of hydrogen-bond donors (Lipinski definition) is 2. The van der Waals surface area contributed by atoms with Gasteiger partial charge in [0.25, 0.3) is 0 Å². The molecule has 1 saturated heterocycles. The Balaban J connectivity index is 1.75. The normalized spacial score (nSPS) is 16.6. The number of carbonyl (C=O) groups excluding carboxylic acids is 3. The number of halogens is 1. The van der Waals surface area contributed by atoms with Crippen molar-refractivity contribution in [1.82, 2.24) is 15.5 Å².